The third-order valence-corrected chi connectivity index (χ3v) is 9.50. The van der Waals surface area contributed by atoms with E-state index in [9.17, 15) is 27.9 Å². The number of anilines is 1. The Bertz CT molecular complexity index is 1680. The van der Waals surface area contributed by atoms with Crippen LogP contribution in [0.2, 0.25) is 0 Å². The summed E-state index contributed by atoms with van der Waals surface area (Å²) in [7, 11) is -2.61. The smallest absolute Gasteiger partial charge is 0.415 e. The van der Waals surface area contributed by atoms with Crippen molar-refractivity contribution in [2.45, 2.75) is 63.3 Å². The number of hydrogen-bond acceptors (Lipinski definition) is 8. The van der Waals surface area contributed by atoms with Crippen LogP contribution in [0.1, 0.15) is 43.6 Å². The van der Waals surface area contributed by atoms with Crippen LogP contribution in [0.3, 0.4) is 0 Å². The molecule has 13 heteroatoms. The van der Waals surface area contributed by atoms with Crippen LogP contribution in [-0.4, -0.2) is 86.8 Å². The molecule has 1 aliphatic rings. The zero-order valence-electron chi connectivity index (χ0n) is 27.8. The molecule has 3 atom stereocenters. The van der Waals surface area contributed by atoms with Crippen LogP contribution in [-0.2, 0) is 26.0 Å². The normalized spacial score (nSPS) is 16.1. The zero-order chi connectivity index (χ0) is 35.0. The van der Waals surface area contributed by atoms with E-state index in [1.54, 1.807) is 36.4 Å². The first-order valence-electron chi connectivity index (χ1n) is 15.8. The first kappa shape index (κ1) is 36.4. The molecule has 3 unspecified atom stereocenters. The lowest BCUT2D eigenvalue weighted by Gasteiger charge is -2.31. The number of nitrogens with one attached hydrogen (secondary N) is 2. The Morgan fingerprint density at radius 2 is 1.69 bits per heavy atom. The second-order valence-electron chi connectivity index (χ2n) is 12.4. The molecule has 0 bridgehead atoms. The summed E-state index contributed by atoms with van der Waals surface area (Å²) in [6.45, 7) is 7.10. The number of nitrogens with zero attached hydrogens (tertiary/aromatic N) is 2. The Labute approximate surface area is 282 Å². The van der Waals surface area contributed by atoms with E-state index < -0.39 is 40.3 Å². The van der Waals surface area contributed by atoms with Gasteiger partial charge in [-0.25, -0.2) is 13.2 Å². The zero-order valence-corrected chi connectivity index (χ0v) is 28.6. The third-order valence-electron chi connectivity index (χ3n) is 7.67. The van der Waals surface area contributed by atoms with Gasteiger partial charge in [0.2, 0.25) is 10.0 Å². The maximum Gasteiger partial charge on any atom is 0.415 e. The number of ether oxygens (including phenoxy) is 2. The number of carbonyl (C=O) groups is 3. The Morgan fingerprint density at radius 1 is 0.979 bits per heavy atom. The largest absolute Gasteiger partial charge is 0.497 e. The first-order valence-corrected chi connectivity index (χ1v) is 17.3. The fraction of sp³-hybridized carbons (Fsp3) is 0.400. The number of sulfonamides is 1. The van der Waals surface area contributed by atoms with Crippen LogP contribution >= 0.6 is 0 Å². The highest BCUT2D eigenvalue weighted by Gasteiger charge is 2.39. The average molecular weight is 681 g/mol. The number of carbonyl (C=O) groups excluding carboxylic acids is 3. The molecular weight excluding hydrogens is 636 g/mol. The van der Waals surface area contributed by atoms with Crippen LogP contribution in [0.4, 0.5) is 10.5 Å². The molecule has 1 aliphatic heterocycles. The van der Waals surface area contributed by atoms with Crippen molar-refractivity contribution in [1.29, 1.82) is 0 Å². The fourth-order valence-electron chi connectivity index (χ4n) is 5.32. The van der Waals surface area contributed by atoms with Gasteiger partial charge in [0.25, 0.3) is 11.8 Å². The quantitative estimate of drug-likeness (QED) is 0.220. The molecule has 1 fully saturated rings. The first-order chi connectivity index (χ1) is 22.8. The van der Waals surface area contributed by atoms with Gasteiger partial charge in [-0.05, 0) is 62.1 Å². The molecule has 0 saturated carbocycles. The van der Waals surface area contributed by atoms with Crippen molar-refractivity contribution < 1.29 is 37.4 Å². The van der Waals surface area contributed by atoms with Crippen LogP contribution < -0.4 is 20.3 Å². The lowest BCUT2D eigenvalue weighted by Crippen LogP contribution is -2.53. The van der Waals surface area contributed by atoms with Gasteiger partial charge in [-0.3, -0.25) is 14.5 Å². The summed E-state index contributed by atoms with van der Waals surface area (Å²) in [5, 5.41) is 17.2. The molecule has 3 aromatic carbocycles. The van der Waals surface area contributed by atoms with Crippen molar-refractivity contribution in [1.82, 2.24) is 14.9 Å². The van der Waals surface area contributed by atoms with E-state index in [0.29, 0.717) is 17.0 Å². The molecule has 1 heterocycles. The highest BCUT2D eigenvalue weighted by atomic mass is 32.2. The Morgan fingerprint density at radius 3 is 2.35 bits per heavy atom. The van der Waals surface area contributed by atoms with E-state index in [0.717, 1.165) is 5.56 Å². The summed E-state index contributed by atoms with van der Waals surface area (Å²) in [5.41, 5.74) is 1.54. The topological polar surface area (TPSA) is 155 Å². The molecule has 1 saturated heterocycles. The second-order valence-corrected chi connectivity index (χ2v) is 14.4. The van der Waals surface area contributed by atoms with Crippen molar-refractivity contribution in [3.8, 4) is 5.75 Å². The molecule has 0 radical (unpaired) electrons. The minimum absolute atomic E-state index is 0.0158. The molecule has 12 nitrogen and oxygen atoms in total. The Balaban J connectivity index is 1.54. The number of aliphatic hydroxyl groups excluding tert-OH is 1. The summed E-state index contributed by atoms with van der Waals surface area (Å²) in [6.07, 6.45) is -3.13. The van der Waals surface area contributed by atoms with Crippen LogP contribution in [0.25, 0.3) is 0 Å². The van der Waals surface area contributed by atoms with Gasteiger partial charge in [-0.1, -0.05) is 56.3 Å². The van der Waals surface area contributed by atoms with Crippen molar-refractivity contribution >= 4 is 33.6 Å². The van der Waals surface area contributed by atoms with Gasteiger partial charge < -0.3 is 25.2 Å². The predicted octanol–water partition coefficient (Wildman–Crippen LogP) is 3.59. The van der Waals surface area contributed by atoms with Gasteiger partial charge in [0.15, 0.2) is 6.10 Å². The van der Waals surface area contributed by atoms with Gasteiger partial charge in [-0.2, -0.15) is 4.31 Å². The Kier molecular flexibility index (Phi) is 12.2. The number of benzene rings is 3. The van der Waals surface area contributed by atoms with Gasteiger partial charge in [-0.15, -0.1) is 0 Å². The standard InChI is InChI=1S/C35H44N4O8S/c1-23(2)20-38(48(44,45)29-16-10-15-28(19-29)46-5)21-31(40)30(17-25-11-7-6-8-12-25)37-34(42)32-22-39(35(43)47-32)27-14-9-13-26(18-27)33(41)36-24(3)4/h6-16,18-19,23-24,30-32,40H,17,20-22H2,1-5H3,(H,36,41)(H,37,42). The second kappa shape index (κ2) is 16.1. The maximum absolute atomic E-state index is 13.8. The number of hydrogen-bond donors (Lipinski definition) is 3. The number of amides is 3. The van der Waals surface area contributed by atoms with Crippen molar-refractivity contribution in [2.75, 3.05) is 31.6 Å². The molecule has 3 amide bonds. The van der Waals surface area contributed by atoms with Gasteiger partial charge >= 0.3 is 6.09 Å². The average Bonchev–Trinajstić information content (AvgIpc) is 3.45. The van der Waals surface area contributed by atoms with Crippen LogP contribution in [0.5, 0.6) is 5.75 Å². The van der Waals surface area contributed by atoms with E-state index in [4.69, 9.17) is 9.47 Å². The summed E-state index contributed by atoms with van der Waals surface area (Å²) in [4.78, 5) is 40.3. The molecule has 0 spiro atoms. The molecular formula is C35H44N4O8S. The van der Waals surface area contributed by atoms with E-state index >= 15 is 0 Å². The summed E-state index contributed by atoms with van der Waals surface area (Å²) >= 11 is 0. The maximum atomic E-state index is 13.8. The Hall–Kier alpha value is -4.46. The van der Waals surface area contributed by atoms with Gasteiger partial charge in [0, 0.05) is 36.4 Å². The molecule has 48 heavy (non-hydrogen) atoms. The van der Waals surface area contributed by atoms with Crippen molar-refractivity contribution in [3.05, 3.63) is 90.0 Å². The van der Waals surface area contributed by atoms with E-state index in [1.807, 2.05) is 58.0 Å². The highest BCUT2D eigenvalue weighted by molar-refractivity contribution is 7.89. The van der Waals surface area contributed by atoms with E-state index in [-0.39, 0.29) is 48.8 Å². The molecule has 3 N–H and O–H groups in total. The van der Waals surface area contributed by atoms with E-state index in [2.05, 4.69) is 10.6 Å². The van der Waals surface area contributed by atoms with Gasteiger partial charge in [0.05, 0.1) is 30.7 Å². The van der Waals surface area contributed by atoms with Crippen LogP contribution in [0, 0.1) is 5.92 Å². The highest BCUT2D eigenvalue weighted by Crippen LogP contribution is 2.25. The molecule has 0 aliphatic carbocycles. The summed E-state index contributed by atoms with van der Waals surface area (Å²) < 4.78 is 39.4. The molecule has 4 rings (SSSR count). The number of methoxy groups -OCH3 is 1. The van der Waals surface area contributed by atoms with Crippen molar-refractivity contribution in [3.63, 3.8) is 0 Å². The predicted molar refractivity (Wildman–Crippen MR) is 181 cm³/mol. The summed E-state index contributed by atoms with van der Waals surface area (Å²) in [6, 6.07) is 20.7. The lowest BCUT2D eigenvalue weighted by molar-refractivity contribution is -0.129. The number of rotatable bonds is 15. The van der Waals surface area contributed by atoms with Gasteiger partial charge in [0.1, 0.15) is 5.75 Å². The molecule has 258 valence electrons. The molecule has 3 aromatic rings. The van der Waals surface area contributed by atoms with Crippen molar-refractivity contribution in [2.24, 2.45) is 5.92 Å². The van der Waals surface area contributed by atoms with E-state index in [1.165, 1.54) is 28.4 Å². The minimum Gasteiger partial charge on any atom is -0.497 e. The molecule has 0 aromatic heterocycles. The minimum atomic E-state index is -4.06. The number of aliphatic hydroxyl groups is 1. The fourth-order valence-corrected chi connectivity index (χ4v) is 6.98. The summed E-state index contributed by atoms with van der Waals surface area (Å²) in [5.74, 6) is -0.642. The SMILES string of the molecule is COc1cccc(S(=O)(=O)N(CC(C)C)CC(O)C(Cc2ccccc2)NC(=O)C2CN(c3cccc(C(=O)NC(C)C)c3)C(=O)O2)c1. The van der Waals surface area contributed by atoms with Crippen LogP contribution in [0.15, 0.2) is 83.8 Å². The third kappa shape index (κ3) is 9.33. The monoisotopic (exact) mass is 680 g/mol. The lowest BCUT2D eigenvalue weighted by atomic mass is 10.0. The number of cyclic esters (lactones) is 1.